The number of carbonyl (C=O) groups excluding carboxylic acids is 1. The predicted octanol–water partition coefficient (Wildman–Crippen LogP) is 16.0. The maximum Gasteiger partial charge on any atom is 0.306 e. The molecule has 4 nitrogen and oxygen atoms in total. The second kappa shape index (κ2) is 42.4. The summed E-state index contributed by atoms with van der Waals surface area (Å²) in [7, 11) is 0. The molecule has 0 aromatic rings. The summed E-state index contributed by atoms with van der Waals surface area (Å²) >= 11 is 0. The maximum absolute atomic E-state index is 12.7. The Morgan fingerprint density at radius 2 is 0.600 bits per heavy atom. The Labute approximate surface area is 313 Å². The Bertz CT molecular complexity index is 677. The largest absolute Gasteiger partial charge is 0.481 e. The number of carboxylic acids is 1. The van der Waals surface area contributed by atoms with Gasteiger partial charge < -0.3 is 9.84 Å². The van der Waals surface area contributed by atoms with Crippen LogP contribution in [0.5, 0.6) is 0 Å². The summed E-state index contributed by atoms with van der Waals surface area (Å²) in [6.07, 6.45) is 51.4. The van der Waals surface area contributed by atoms with Gasteiger partial charge in [0.2, 0.25) is 0 Å². The molecule has 0 fully saturated rings. The molecule has 298 valence electrons. The van der Waals surface area contributed by atoms with Crippen molar-refractivity contribution in [3.63, 3.8) is 0 Å². The standard InChI is InChI=1S/C46H90O4/c1-3-5-7-9-11-13-15-17-18-19-20-21-22-24-26-28-30-35-39-43-46(49)50-44(41-37-33-31-34-38-42-45(47)48)40-36-32-29-27-25-23-16-14-12-10-8-6-4-2/h44H,3-43H2,1-2H3,(H,47,48). The number of carboxylic acid groups (broad SMARTS) is 1. The molecule has 0 aromatic carbocycles. The Kier molecular flexibility index (Phi) is 41.5. The predicted molar refractivity (Wildman–Crippen MR) is 218 cm³/mol. The van der Waals surface area contributed by atoms with Gasteiger partial charge in [-0.2, -0.15) is 0 Å². The van der Waals surface area contributed by atoms with Crippen molar-refractivity contribution in [2.45, 2.75) is 283 Å². The Hall–Kier alpha value is -1.06. The summed E-state index contributed by atoms with van der Waals surface area (Å²) in [4.78, 5) is 23.5. The van der Waals surface area contributed by atoms with Gasteiger partial charge in [0, 0.05) is 12.8 Å². The molecule has 0 bridgehead atoms. The molecule has 0 saturated heterocycles. The first-order chi connectivity index (χ1) is 24.6. The number of ether oxygens (including phenoxy) is 1. The minimum Gasteiger partial charge on any atom is -0.481 e. The Morgan fingerprint density at radius 3 is 0.880 bits per heavy atom. The minimum atomic E-state index is -0.695. The molecule has 50 heavy (non-hydrogen) atoms. The number of hydrogen-bond donors (Lipinski definition) is 1. The molecule has 0 aromatic heterocycles. The number of hydrogen-bond acceptors (Lipinski definition) is 3. The van der Waals surface area contributed by atoms with Crippen molar-refractivity contribution in [3.8, 4) is 0 Å². The van der Waals surface area contributed by atoms with E-state index < -0.39 is 5.97 Å². The normalized spacial score (nSPS) is 12.0. The fraction of sp³-hybridized carbons (Fsp3) is 0.957. The van der Waals surface area contributed by atoms with E-state index in [1.807, 2.05) is 0 Å². The van der Waals surface area contributed by atoms with Crippen LogP contribution in [0.1, 0.15) is 277 Å². The monoisotopic (exact) mass is 707 g/mol. The van der Waals surface area contributed by atoms with E-state index in [1.54, 1.807) is 0 Å². The summed E-state index contributed by atoms with van der Waals surface area (Å²) in [5.74, 6) is -0.682. The fourth-order valence-corrected chi connectivity index (χ4v) is 7.42. The van der Waals surface area contributed by atoms with Crippen LogP contribution in [0.4, 0.5) is 0 Å². The van der Waals surface area contributed by atoms with Crippen LogP contribution in [0.15, 0.2) is 0 Å². The number of esters is 1. The van der Waals surface area contributed by atoms with Crippen molar-refractivity contribution >= 4 is 11.9 Å². The van der Waals surface area contributed by atoms with Gasteiger partial charge in [0.15, 0.2) is 0 Å². The van der Waals surface area contributed by atoms with Crippen molar-refractivity contribution in [1.82, 2.24) is 0 Å². The molecule has 0 radical (unpaired) electrons. The Balaban J connectivity index is 3.89. The highest BCUT2D eigenvalue weighted by Crippen LogP contribution is 2.20. The SMILES string of the molecule is CCCCCCCCCCCCCCCCCCCCCC(=O)OC(CCCCCCCCCCCCCCC)CCCCCCCC(=O)O. The molecule has 1 unspecified atom stereocenters. The van der Waals surface area contributed by atoms with E-state index in [1.165, 1.54) is 186 Å². The van der Waals surface area contributed by atoms with Crippen LogP contribution in [0.25, 0.3) is 0 Å². The second-order valence-electron chi connectivity index (χ2n) is 16.0. The topological polar surface area (TPSA) is 63.6 Å². The molecule has 0 aliphatic carbocycles. The van der Waals surface area contributed by atoms with E-state index in [-0.39, 0.29) is 18.5 Å². The highest BCUT2D eigenvalue weighted by atomic mass is 16.5. The van der Waals surface area contributed by atoms with Crippen LogP contribution in [0.2, 0.25) is 0 Å². The van der Waals surface area contributed by atoms with E-state index in [0.29, 0.717) is 6.42 Å². The highest BCUT2D eigenvalue weighted by molar-refractivity contribution is 5.69. The van der Waals surface area contributed by atoms with Crippen molar-refractivity contribution in [1.29, 1.82) is 0 Å². The first-order valence-corrected chi connectivity index (χ1v) is 23.0. The number of unbranched alkanes of at least 4 members (excludes halogenated alkanes) is 34. The summed E-state index contributed by atoms with van der Waals surface area (Å²) in [6.45, 7) is 4.58. The van der Waals surface area contributed by atoms with E-state index in [2.05, 4.69) is 13.8 Å². The van der Waals surface area contributed by atoms with Gasteiger partial charge in [-0.05, 0) is 38.5 Å². The third kappa shape index (κ3) is 41.4. The van der Waals surface area contributed by atoms with E-state index in [4.69, 9.17) is 9.84 Å². The Morgan fingerprint density at radius 1 is 0.360 bits per heavy atom. The minimum absolute atomic E-state index is 0.0122. The average Bonchev–Trinajstić information content (AvgIpc) is 3.10. The van der Waals surface area contributed by atoms with Crippen LogP contribution in [-0.4, -0.2) is 23.1 Å². The summed E-state index contributed by atoms with van der Waals surface area (Å²) in [5, 5.41) is 8.84. The second-order valence-corrected chi connectivity index (χ2v) is 16.0. The number of carbonyl (C=O) groups is 2. The average molecular weight is 707 g/mol. The molecule has 0 heterocycles. The van der Waals surface area contributed by atoms with Crippen LogP contribution in [0, 0.1) is 0 Å². The quantitative estimate of drug-likeness (QED) is 0.0506. The van der Waals surface area contributed by atoms with Gasteiger partial charge >= 0.3 is 11.9 Å². The van der Waals surface area contributed by atoms with Gasteiger partial charge in [0.05, 0.1) is 0 Å². The zero-order chi connectivity index (χ0) is 36.4. The van der Waals surface area contributed by atoms with Crippen LogP contribution >= 0.6 is 0 Å². The lowest BCUT2D eigenvalue weighted by Crippen LogP contribution is -2.18. The van der Waals surface area contributed by atoms with E-state index >= 15 is 0 Å². The highest BCUT2D eigenvalue weighted by Gasteiger charge is 2.14. The molecule has 0 spiro atoms. The molecule has 0 aliphatic rings. The van der Waals surface area contributed by atoms with Crippen LogP contribution in [-0.2, 0) is 14.3 Å². The maximum atomic E-state index is 12.7. The van der Waals surface area contributed by atoms with Crippen molar-refractivity contribution in [2.24, 2.45) is 0 Å². The van der Waals surface area contributed by atoms with Crippen molar-refractivity contribution < 1.29 is 19.4 Å². The molecule has 0 aliphatic heterocycles. The number of aliphatic carboxylic acids is 1. The van der Waals surface area contributed by atoms with E-state index in [0.717, 1.165) is 64.2 Å². The fourth-order valence-electron chi connectivity index (χ4n) is 7.42. The first-order valence-electron chi connectivity index (χ1n) is 23.0. The third-order valence-electron chi connectivity index (χ3n) is 10.8. The van der Waals surface area contributed by atoms with Crippen LogP contribution in [0.3, 0.4) is 0 Å². The van der Waals surface area contributed by atoms with Crippen molar-refractivity contribution in [3.05, 3.63) is 0 Å². The van der Waals surface area contributed by atoms with Gasteiger partial charge in [-0.15, -0.1) is 0 Å². The zero-order valence-corrected chi connectivity index (χ0v) is 34.2. The number of rotatable bonds is 43. The first kappa shape index (κ1) is 48.9. The lowest BCUT2D eigenvalue weighted by molar-refractivity contribution is -0.150. The van der Waals surface area contributed by atoms with E-state index in [9.17, 15) is 9.59 Å². The summed E-state index contributed by atoms with van der Waals surface area (Å²) in [5.41, 5.74) is 0. The van der Waals surface area contributed by atoms with Gasteiger partial charge in [-0.25, -0.2) is 0 Å². The molecular formula is C46H90O4. The molecule has 4 heteroatoms. The lowest BCUT2D eigenvalue weighted by atomic mass is 10.0. The molecule has 1 N–H and O–H groups in total. The smallest absolute Gasteiger partial charge is 0.306 e. The van der Waals surface area contributed by atoms with Gasteiger partial charge in [-0.3, -0.25) is 9.59 Å². The molecule has 0 saturated carbocycles. The van der Waals surface area contributed by atoms with Gasteiger partial charge in [0.1, 0.15) is 6.10 Å². The van der Waals surface area contributed by atoms with Crippen LogP contribution < -0.4 is 0 Å². The summed E-state index contributed by atoms with van der Waals surface area (Å²) in [6, 6.07) is 0. The zero-order valence-electron chi connectivity index (χ0n) is 34.2. The van der Waals surface area contributed by atoms with Gasteiger partial charge in [-0.1, -0.05) is 226 Å². The van der Waals surface area contributed by atoms with Gasteiger partial charge in [0.25, 0.3) is 0 Å². The van der Waals surface area contributed by atoms with Crippen molar-refractivity contribution in [2.75, 3.05) is 0 Å². The summed E-state index contributed by atoms with van der Waals surface area (Å²) < 4.78 is 6.04. The molecule has 0 rings (SSSR count). The molecule has 0 amide bonds. The molecular weight excluding hydrogens is 617 g/mol. The molecule has 1 atom stereocenters. The third-order valence-corrected chi connectivity index (χ3v) is 10.8. The lowest BCUT2D eigenvalue weighted by Gasteiger charge is -2.18.